The molecule has 2 aromatic rings. The number of ether oxygens (including phenoxy) is 1. The van der Waals surface area contributed by atoms with E-state index in [-0.39, 0.29) is 12.5 Å². The maximum absolute atomic E-state index is 12.0. The highest BCUT2D eigenvalue weighted by molar-refractivity contribution is 5.77. The van der Waals surface area contributed by atoms with Crippen LogP contribution in [0.1, 0.15) is 36.5 Å². The van der Waals surface area contributed by atoms with Crippen molar-refractivity contribution in [1.29, 1.82) is 5.26 Å². The van der Waals surface area contributed by atoms with E-state index in [1.165, 1.54) is 0 Å². The molecule has 0 aliphatic carbocycles. The molecule has 0 atom stereocenters. The zero-order chi connectivity index (χ0) is 18.9. The van der Waals surface area contributed by atoms with Crippen LogP contribution in [-0.4, -0.2) is 30.6 Å². The summed E-state index contributed by atoms with van der Waals surface area (Å²) in [5.74, 6) is 1.40. The average molecular weight is 352 g/mol. The molecule has 26 heavy (non-hydrogen) atoms. The second-order valence-electron chi connectivity index (χ2n) is 6.27. The first-order valence-corrected chi connectivity index (χ1v) is 8.60. The second kappa shape index (κ2) is 9.42. The van der Waals surface area contributed by atoms with Gasteiger partial charge in [-0.25, -0.2) is 4.98 Å². The third-order valence-electron chi connectivity index (χ3n) is 3.82. The fourth-order valence-corrected chi connectivity index (χ4v) is 2.46. The lowest BCUT2D eigenvalue weighted by molar-refractivity contribution is -0.123. The van der Waals surface area contributed by atoms with Crippen LogP contribution in [0.5, 0.6) is 5.75 Å². The summed E-state index contributed by atoms with van der Waals surface area (Å²) in [6, 6.07) is 11.5. The molecule has 0 bridgehead atoms. The van der Waals surface area contributed by atoms with Crippen molar-refractivity contribution in [2.45, 2.75) is 26.7 Å². The predicted molar refractivity (Wildman–Crippen MR) is 101 cm³/mol. The van der Waals surface area contributed by atoms with Crippen molar-refractivity contribution >= 4 is 11.7 Å². The number of pyridine rings is 1. The number of nitrogens with zero attached hydrogens (tertiary/aromatic N) is 2. The van der Waals surface area contributed by atoms with Crippen molar-refractivity contribution in [2.75, 3.05) is 25.0 Å². The number of carbonyl (C=O) groups is 1. The fraction of sp³-hybridized carbons (Fsp3) is 0.350. The minimum absolute atomic E-state index is 0.0315. The van der Waals surface area contributed by atoms with Gasteiger partial charge in [-0.3, -0.25) is 4.79 Å². The van der Waals surface area contributed by atoms with Crippen LogP contribution in [0, 0.1) is 18.3 Å². The fourth-order valence-electron chi connectivity index (χ4n) is 2.46. The van der Waals surface area contributed by atoms with Gasteiger partial charge in [-0.15, -0.1) is 0 Å². The highest BCUT2D eigenvalue weighted by atomic mass is 16.5. The molecule has 1 aromatic heterocycles. The standard InChI is InChI=1S/C20H24N4O2/c1-14(2)17-7-6-15(3)11-18(17)26-13-19(25)22-9-10-24-20-16(12-21)5-4-8-23-20/h4-8,11,14H,9-10,13H2,1-3H3,(H,22,25)(H,23,24). The summed E-state index contributed by atoms with van der Waals surface area (Å²) < 4.78 is 5.71. The minimum Gasteiger partial charge on any atom is -0.483 e. The van der Waals surface area contributed by atoms with E-state index in [1.54, 1.807) is 18.3 Å². The summed E-state index contributed by atoms with van der Waals surface area (Å²) in [7, 11) is 0. The van der Waals surface area contributed by atoms with Crippen molar-refractivity contribution in [3.05, 3.63) is 53.2 Å². The number of carbonyl (C=O) groups excluding carboxylic acids is 1. The summed E-state index contributed by atoms with van der Waals surface area (Å²) in [6.07, 6.45) is 1.61. The Labute approximate surface area is 154 Å². The van der Waals surface area contributed by atoms with Gasteiger partial charge >= 0.3 is 0 Å². The van der Waals surface area contributed by atoms with Crippen LogP contribution in [0.15, 0.2) is 36.5 Å². The molecule has 1 amide bonds. The van der Waals surface area contributed by atoms with Gasteiger partial charge in [0.05, 0.1) is 5.56 Å². The van der Waals surface area contributed by atoms with Crippen molar-refractivity contribution in [2.24, 2.45) is 0 Å². The number of hydrogen-bond acceptors (Lipinski definition) is 5. The van der Waals surface area contributed by atoms with Gasteiger partial charge in [0.2, 0.25) is 0 Å². The number of hydrogen-bond donors (Lipinski definition) is 2. The molecule has 6 heteroatoms. The molecule has 0 unspecified atom stereocenters. The van der Waals surface area contributed by atoms with Crippen molar-refractivity contribution in [3.8, 4) is 11.8 Å². The van der Waals surface area contributed by atoms with E-state index in [2.05, 4.69) is 35.5 Å². The first-order chi connectivity index (χ1) is 12.5. The average Bonchev–Trinajstić information content (AvgIpc) is 2.63. The summed E-state index contributed by atoms with van der Waals surface area (Å²) >= 11 is 0. The van der Waals surface area contributed by atoms with E-state index in [9.17, 15) is 4.79 Å². The van der Waals surface area contributed by atoms with Gasteiger partial charge in [0.15, 0.2) is 6.61 Å². The van der Waals surface area contributed by atoms with E-state index < -0.39 is 0 Å². The number of anilines is 1. The predicted octanol–water partition coefficient (Wildman–Crippen LogP) is 2.99. The molecule has 0 spiro atoms. The quantitative estimate of drug-likeness (QED) is 0.713. The maximum atomic E-state index is 12.0. The molecule has 0 radical (unpaired) electrons. The first-order valence-electron chi connectivity index (χ1n) is 8.60. The molecule has 0 saturated carbocycles. The van der Waals surface area contributed by atoms with Gasteiger partial charge in [-0.2, -0.15) is 5.26 Å². The lowest BCUT2D eigenvalue weighted by atomic mass is 10.0. The van der Waals surface area contributed by atoms with Gasteiger partial charge in [0.25, 0.3) is 5.91 Å². The van der Waals surface area contributed by atoms with Crippen LogP contribution in [-0.2, 0) is 4.79 Å². The van der Waals surface area contributed by atoms with Gasteiger partial charge < -0.3 is 15.4 Å². The molecule has 2 N–H and O–H groups in total. The number of benzene rings is 1. The van der Waals surface area contributed by atoms with Crippen LogP contribution in [0.25, 0.3) is 0 Å². The molecule has 1 aromatic carbocycles. The molecule has 1 heterocycles. The lowest BCUT2D eigenvalue weighted by Crippen LogP contribution is -2.33. The second-order valence-corrected chi connectivity index (χ2v) is 6.27. The van der Waals surface area contributed by atoms with Crippen LogP contribution in [0.4, 0.5) is 5.82 Å². The van der Waals surface area contributed by atoms with Crippen LogP contribution >= 0.6 is 0 Å². The smallest absolute Gasteiger partial charge is 0.258 e. The van der Waals surface area contributed by atoms with Crippen LogP contribution in [0.3, 0.4) is 0 Å². The SMILES string of the molecule is Cc1ccc(C(C)C)c(OCC(=O)NCCNc2ncccc2C#N)c1. The van der Waals surface area contributed by atoms with Crippen molar-refractivity contribution < 1.29 is 9.53 Å². The Morgan fingerprint density at radius 3 is 2.85 bits per heavy atom. The Bertz CT molecular complexity index is 797. The lowest BCUT2D eigenvalue weighted by Gasteiger charge is -2.15. The monoisotopic (exact) mass is 352 g/mol. The normalized spacial score (nSPS) is 10.3. The van der Waals surface area contributed by atoms with Crippen molar-refractivity contribution in [3.63, 3.8) is 0 Å². The minimum atomic E-state index is -0.190. The largest absolute Gasteiger partial charge is 0.483 e. The molecule has 136 valence electrons. The van der Waals surface area contributed by atoms with Gasteiger partial charge in [-0.1, -0.05) is 26.0 Å². The van der Waals surface area contributed by atoms with E-state index in [4.69, 9.17) is 10.00 Å². The molecule has 2 rings (SSSR count). The van der Waals surface area contributed by atoms with Crippen LogP contribution in [0.2, 0.25) is 0 Å². The van der Waals surface area contributed by atoms with Crippen molar-refractivity contribution in [1.82, 2.24) is 10.3 Å². The number of nitriles is 1. The summed E-state index contributed by atoms with van der Waals surface area (Å²) in [6.45, 7) is 7.03. The van der Waals surface area contributed by atoms with Crippen LogP contribution < -0.4 is 15.4 Å². The van der Waals surface area contributed by atoms with E-state index in [0.717, 1.165) is 16.9 Å². The molecule has 0 saturated heterocycles. The summed E-state index contributed by atoms with van der Waals surface area (Å²) in [5.41, 5.74) is 2.66. The van der Waals surface area contributed by atoms with Gasteiger partial charge in [0.1, 0.15) is 17.6 Å². The Kier molecular flexibility index (Phi) is 6.98. The zero-order valence-electron chi connectivity index (χ0n) is 15.4. The molecule has 0 aliphatic heterocycles. The number of nitrogens with one attached hydrogen (secondary N) is 2. The van der Waals surface area contributed by atoms with E-state index >= 15 is 0 Å². The first kappa shape index (κ1) is 19.3. The highest BCUT2D eigenvalue weighted by Crippen LogP contribution is 2.27. The topological polar surface area (TPSA) is 87.0 Å². The summed E-state index contributed by atoms with van der Waals surface area (Å²) in [4.78, 5) is 16.1. The Morgan fingerprint density at radius 1 is 1.31 bits per heavy atom. The third-order valence-corrected chi connectivity index (χ3v) is 3.82. The van der Waals surface area contributed by atoms with Gasteiger partial charge in [-0.05, 0) is 42.2 Å². The zero-order valence-corrected chi connectivity index (χ0v) is 15.4. The molecule has 0 fully saturated rings. The number of amides is 1. The molecule has 0 aliphatic rings. The maximum Gasteiger partial charge on any atom is 0.258 e. The molecular weight excluding hydrogens is 328 g/mol. The summed E-state index contributed by atoms with van der Waals surface area (Å²) in [5, 5.41) is 14.8. The third kappa shape index (κ3) is 5.49. The van der Waals surface area contributed by atoms with E-state index in [0.29, 0.717) is 30.4 Å². The number of aromatic nitrogens is 1. The Hall–Kier alpha value is -3.07. The molecule has 6 nitrogen and oxygen atoms in total. The molecular formula is C20H24N4O2. The van der Waals surface area contributed by atoms with E-state index in [1.807, 2.05) is 25.1 Å². The number of aryl methyl sites for hydroxylation is 1. The Morgan fingerprint density at radius 2 is 2.12 bits per heavy atom. The highest BCUT2D eigenvalue weighted by Gasteiger charge is 2.10. The van der Waals surface area contributed by atoms with Gasteiger partial charge in [0, 0.05) is 19.3 Å². The number of rotatable bonds is 8. The Balaban J connectivity index is 1.78.